The molecule has 7 heteroatoms. The summed E-state index contributed by atoms with van der Waals surface area (Å²) in [6.45, 7) is 5.94. The van der Waals surface area contributed by atoms with Crippen LogP contribution in [0.2, 0.25) is 10.0 Å². The van der Waals surface area contributed by atoms with Gasteiger partial charge in [0.1, 0.15) is 6.04 Å². The third-order valence-corrected chi connectivity index (χ3v) is 4.59. The first-order valence-corrected chi connectivity index (χ1v) is 9.16. The third-order valence-electron chi connectivity index (χ3n) is 4.04. The number of hydrogen-bond donors (Lipinski definition) is 1. The largest absolute Gasteiger partial charge is 0.340 e. The van der Waals surface area contributed by atoms with Gasteiger partial charge in [0.15, 0.2) is 0 Å². The number of rotatable bonds is 4. The van der Waals surface area contributed by atoms with E-state index in [1.54, 1.807) is 12.1 Å². The van der Waals surface area contributed by atoms with Gasteiger partial charge in [-0.15, -0.1) is 0 Å². The topological polar surface area (TPSA) is 68.0 Å². The fourth-order valence-corrected chi connectivity index (χ4v) is 3.08. The SMILES string of the molecule is CC(C)(C)[C@H](NC(=O)c1ccc(Cl)cc1Cl)c1nc(-c2ccccc2)no1. The van der Waals surface area contributed by atoms with Crippen molar-refractivity contribution in [2.75, 3.05) is 0 Å². The van der Waals surface area contributed by atoms with Crippen LogP contribution in [0.3, 0.4) is 0 Å². The lowest BCUT2D eigenvalue weighted by Gasteiger charge is -2.28. The Labute approximate surface area is 167 Å². The molecule has 0 spiro atoms. The van der Waals surface area contributed by atoms with Gasteiger partial charge < -0.3 is 9.84 Å². The van der Waals surface area contributed by atoms with Crippen LogP contribution in [0.25, 0.3) is 11.4 Å². The quantitative estimate of drug-likeness (QED) is 0.618. The molecule has 0 saturated carbocycles. The van der Waals surface area contributed by atoms with Crippen molar-refractivity contribution in [3.63, 3.8) is 0 Å². The zero-order valence-electron chi connectivity index (χ0n) is 15.2. The minimum absolute atomic E-state index is 0.281. The van der Waals surface area contributed by atoms with Gasteiger partial charge >= 0.3 is 0 Å². The summed E-state index contributed by atoms with van der Waals surface area (Å²) < 4.78 is 5.46. The van der Waals surface area contributed by atoms with Gasteiger partial charge in [-0.2, -0.15) is 4.98 Å². The number of halogens is 2. The second-order valence-corrected chi connectivity index (χ2v) is 8.06. The van der Waals surface area contributed by atoms with Crippen LogP contribution in [-0.2, 0) is 0 Å². The molecular formula is C20H19Cl2N3O2. The van der Waals surface area contributed by atoms with E-state index in [-0.39, 0.29) is 16.3 Å². The van der Waals surface area contributed by atoms with E-state index in [9.17, 15) is 4.79 Å². The third kappa shape index (κ3) is 4.49. The molecule has 5 nitrogen and oxygen atoms in total. The van der Waals surface area contributed by atoms with Crippen LogP contribution in [0.5, 0.6) is 0 Å². The summed E-state index contributed by atoms with van der Waals surface area (Å²) in [7, 11) is 0. The average molecular weight is 404 g/mol. The number of hydrogen-bond acceptors (Lipinski definition) is 4. The van der Waals surface area contributed by atoms with Gasteiger partial charge in [0.05, 0.1) is 10.6 Å². The molecule has 0 fully saturated rings. The van der Waals surface area contributed by atoms with Crippen molar-refractivity contribution in [2.45, 2.75) is 26.8 Å². The predicted molar refractivity (Wildman–Crippen MR) is 106 cm³/mol. The molecule has 1 atom stereocenters. The molecule has 0 aliphatic rings. The Hall–Kier alpha value is -2.37. The number of nitrogens with one attached hydrogen (secondary N) is 1. The van der Waals surface area contributed by atoms with Crippen LogP contribution in [-0.4, -0.2) is 16.0 Å². The second kappa shape index (κ2) is 7.71. The first kappa shape index (κ1) is 19.4. The Morgan fingerprint density at radius 3 is 2.44 bits per heavy atom. The van der Waals surface area contributed by atoms with Crippen molar-refractivity contribution in [1.29, 1.82) is 0 Å². The highest BCUT2D eigenvalue weighted by molar-refractivity contribution is 6.36. The fourth-order valence-electron chi connectivity index (χ4n) is 2.59. The predicted octanol–water partition coefficient (Wildman–Crippen LogP) is 5.56. The van der Waals surface area contributed by atoms with Gasteiger partial charge in [0, 0.05) is 10.6 Å². The minimum atomic E-state index is -0.498. The van der Waals surface area contributed by atoms with Gasteiger partial charge in [-0.25, -0.2) is 0 Å². The van der Waals surface area contributed by atoms with Crippen molar-refractivity contribution < 1.29 is 9.32 Å². The maximum atomic E-state index is 12.8. The summed E-state index contributed by atoms with van der Waals surface area (Å²) in [6, 6.07) is 13.7. The molecule has 0 saturated heterocycles. The molecule has 27 heavy (non-hydrogen) atoms. The van der Waals surface area contributed by atoms with E-state index < -0.39 is 6.04 Å². The number of benzene rings is 2. The van der Waals surface area contributed by atoms with Gasteiger partial charge in [0.25, 0.3) is 5.91 Å². The van der Waals surface area contributed by atoms with Crippen molar-refractivity contribution >= 4 is 29.1 Å². The zero-order valence-corrected chi connectivity index (χ0v) is 16.7. The van der Waals surface area contributed by atoms with Crippen molar-refractivity contribution in [3.8, 4) is 11.4 Å². The summed E-state index contributed by atoms with van der Waals surface area (Å²) in [6.07, 6.45) is 0. The molecule has 2 aromatic carbocycles. The van der Waals surface area contributed by atoms with E-state index in [1.807, 2.05) is 51.1 Å². The highest BCUT2D eigenvalue weighted by atomic mass is 35.5. The summed E-state index contributed by atoms with van der Waals surface area (Å²) in [5.74, 6) is 0.467. The Morgan fingerprint density at radius 1 is 1.11 bits per heavy atom. The molecule has 0 unspecified atom stereocenters. The molecule has 0 radical (unpaired) electrons. The molecule has 0 aliphatic heterocycles. The summed E-state index contributed by atoms with van der Waals surface area (Å²) in [5.41, 5.74) is 0.806. The summed E-state index contributed by atoms with van der Waals surface area (Å²) in [5, 5.41) is 7.75. The molecule has 1 amide bonds. The van der Waals surface area contributed by atoms with Crippen LogP contribution >= 0.6 is 23.2 Å². The van der Waals surface area contributed by atoms with Gasteiger partial charge in [0.2, 0.25) is 11.7 Å². The maximum Gasteiger partial charge on any atom is 0.253 e. The van der Waals surface area contributed by atoms with Crippen LogP contribution in [0.15, 0.2) is 53.1 Å². The number of carbonyl (C=O) groups is 1. The van der Waals surface area contributed by atoms with E-state index in [2.05, 4.69) is 15.5 Å². The Balaban J connectivity index is 1.89. The lowest BCUT2D eigenvalue weighted by Crippen LogP contribution is -2.37. The van der Waals surface area contributed by atoms with Crippen LogP contribution in [0, 0.1) is 5.41 Å². The summed E-state index contributed by atoms with van der Waals surface area (Å²) >= 11 is 12.1. The molecule has 3 aromatic rings. The highest BCUT2D eigenvalue weighted by Crippen LogP contribution is 2.33. The normalized spacial score (nSPS) is 12.6. The molecule has 0 bridgehead atoms. The van der Waals surface area contributed by atoms with Crippen LogP contribution < -0.4 is 5.32 Å². The van der Waals surface area contributed by atoms with Crippen LogP contribution in [0.1, 0.15) is 43.1 Å². The van der Waals surface area contributed by atoms with E-state index >= 15 is 0 Å². The van der Waals surface area contributed by atoms with E-state index in [0.717, 1.165) is 5.56 Å². The monoisotopic (exact) mass is 403 g/mol. The Morgan fingerprint density at radius 2 is 1.81 bits per heavy atom. The van der Waals surface area contributed by atoms with Gasteiger partial charge in [-0.3, -0.25) is 4.79 Å². The lowest BCUT2D eigenvalue weighted by atomic mass is 9.86. The molecule has 1 N–H and O–H groups in total. The Kier molecular flexibility index (Phi) is 5.53. The zero-order chi connectivity index (χ0) is 19.6. The highest BCUT2D eigenvalue weighted by Gasteiger charge is 2.33. The molecule has 1 aromatic heterocycles. The smallest absolute Gasteiger partial charge is 0.253 e. The average Bonchev–Trinajstić information content (AvgIpc) is 3.08. The molecule has 140 valence electrons. The van der Waals surface area contributed by atoms with Gasteiger partial charge in [-0.05, 0) is 23.6 Å². The van der Waals surface area contributed by atoms with E-state index in [0.29, 0.717) is 22.3 Å². The minimum Gasteiger partial charge on any atom is -0.340 e. The van der Waals surface area contributed by atoms with Crippen LogP contribution in [0.4, 0.5) is 0 Å². The van der Waals surface area contributed by atoms with Gasteiger partial charge in [-0.1, -0.05) is 79.5 Å². The number of aromatic nitrogens is 2. The summed E-state index contributed by atoms with van der Waals surface area (Å²) in [4.78, 5) is 17.2. The molecule has 0 aliphatic carbocycles. The lowest BCUT2D eigenvalue weighted by molar-refractivity contribution is 0.0881. The fraction of sp³-hybridized carbons (Fsp3) is 0.250. The first-order valence-electron chi connectivity index (χ1n) is 8.40. The number of nitrogens with zero attached hydrogens (tertiary/aromatic N) is 2. The standard InChI is InChI=1S/C20H19Cl2N3O2/c1-20(2,3)16(23-18(26)14-10-9-13(21)11-15(14)22)19-24-17(25-27-19)12-7-5-4-6-8-12/h4-11,16H,1-3H3,(H,23,26)/t16-/m1/s1. The second-order valence-electron chi connectivity index (χ2n) is 7.22. The molecular weight excluding hydrogens is 385 g/mol. The molecule has 1 heterocycles. The van der Waals surface area contributed by atoms with E-state index in [4.69, 9.17) is 27.7 Å². The van der Waals surface area contributed by atoms with E-state index in [1.165, 1.54) is 6.07 Å². The van der Waals surface area contributed by atoms with Crippen molar-refractivity contribution in [2.24, 2.45) is 5.41 Å². The van der Waals surface area contributed by atoms with Crippen molar-refractivity contribution in [3.05, 3.63) is 70.0 Å². The maximum absolute atomic E-state index is 12.8. The first-order chi connectivity index (χ1) is 12.8. The Bertz CT molecular complexity index is 949. The number of carbonyl (C=O) groups excluding carboxylic acids is 1. The molecule has 3 rings (SSSR count). The van der Waals surface area contributed by atoms with Crippen molar-refractivity contribution in [1.82, 2.24) is 15.5 Å². The number of amides is 1.